The van der Waals surface area contributed by atoms with Crippen molar-refractivity contribution in [1.29, 1.82) is 0 Å². The van der Waals surface area contributed by atoms with Crippen LogP contribution in [0.3, 0.4) is 0 Å². The van der Waals surface area contributed by atoms with Crippen molar-refractivity contribution in [2.75, 3.05) is 5.75 Å². The van der Waals surface area contributed by atoms with Crippen LogP contribution in [0.4, 0.5) is 0 Å². The number of aryl methyl sites for hydroxylation is 1. The first-order valence-electron chi connectivity index (χ1n) is 7.34. The summed E-state index contributed by atoms with van der Waals surface area (Å²) in [6, 6.07) is 0.326. The Labute approximate surface area is 129 Å². The lowest BCUT2D eigenvalue weighted by atomic mass is 10.1. The van der Waals surface area contributed by atoms with E-state index >= 15 is 0 Å². The third-order valence-corrected chi connectivity index (χ3v) is 4.87. The molecule has 0 saturated carbocycles. The summed E-state index contributed by atoms with van der Waals surface area (Å²) >= 11 is 1.49. The molecule has 1 aromatic heterocycles. The zero-order chi connectivity index (χ0) is 15.7. The van der Waals surface area contributed by atoms with Crippen LogP contribution in [-0.4, -0.2) is 38.2 Å². The van der Waals surface area contributed by atoms with Crippen molar-refractivity contribution < 1.29 is 4.79 Å². The molecule has 0 radical (unpaired) electrons. The minimum absolute atomic E-state index is 0.0364. The van der Waals surface area contributed by atoms with Crippen molar-refractivity contribution in [2.45, 2.75) is 58.4 Å². The van der Waals surface area contributed by atoms with E-state index in [9.17, 15) is 9.59 Å². The summed E-state index contributed by atoms with van der Waals surface area (Å²) < 4.78 is 1.64. The number of nitrogens with zero attached hydrogens (tertiary/aromatic N) is 3. The van der Waals surface area contributed by atoms with Crippen molar-refractivity contribution in [3.05, 3.63) is 22.1 Å². The molecule has 0 N–H and O–H groups in total. The lowest BCUT2D eigenvalue weighted by molar-refractivity contribution is -0.139. The summed E-state index contributed by atoms with van der Waals surface area (Å²) in [6.45, 7) is 10.3. The SMILES string of the molecule is Cc1cnc2n(c1=O)CC(C(=O)N(C(C)C)C(C)C)CS2. The first-order valence-corrected chi connectivity index (χ1v) is 8.33. The molecule has 116 valence electrons. The molecule has 2 rings (SSSR count). The van der Waals surface area contributed by atoms with Gasteiger partial charge < -0.3 is 4.90 Å². The second-order valence-corrected chi connectivity index (χ2v) is 7.07. The first-order chi connectivity index (χ1) is 9.82. The molecule has 1 aliphatic heterocycles. The fraction of sp³-hybridized carbons (Fsp3) is 0.667. The maximum atomic E-state index is 12.8. The van der Waals surface area contributed by atoms with Crippen LogP contribution in [0.25, 0.3) is 0 Å². The van der Waals surface area contributed by atoms with Crippen molar-refractivity contribution >= 4 is 17.7 Å². The van der Waals surface area contributed by atoms with E-state index in [0.717, 1.165) is 5.16 Å². The second kappa shape index (κ2) is 6.22. The number of hydrogen-bond acceptors (Lipinski definition) is 4. The molecule has 6 heteroatoms. The van der Waals surface area contributed by atoms with Crippen LogP contribution >= 0.6 is 11.8 Å². The van der Waals surface area contributed by atoms with Gasteiger partial charge in [0.1, 0.15) is 0 Å². The predicted molar refractivity (Wildman–Crippen MR) is 84.6 cm³/mol. The van der Waals surface area contributed by atoms with Crippen molar-refractivity contribution in [2.24, 2.45) is 5.92 Å². The molecular formula is C15H23N3O2S. The zero-order valence-electron chi connectivity index (χ0n) is 13.3. The monoisotopic (exact) mass is 309 g/mol. The second-order valence-electron chi connectivity index (χ2n) is 6.08. The molecule has 1 aliphatic rings. The highest BCUT2D eigenvalue weighted by atomic mass is 32.2. The molecule has 0 aliphatic carbocycles. The van der Waals surface area contributed by atoms with Gasteiger partial charge in [0.15, 0.2) is 5.16 Å². The Morgan fingerprint density at radius 3 is 2.57 bits per heavy atom. The Kier molecular flexibility index (Phi) is 4.76. The summed E-state index contributed by atoms with van der Waals surface area (Å²) in [4.78, 5) is 31.2. The number of fused-ring (bicyclic) bond motifs is 1. The fourth-order valence-electron chi connectivity index (χ4n) is 2.77. The van der Waals surface area contributed by atoms with Gasteiger partial charge in [0.05, 0.1) is 5.92 Å². The summed E-state index contributed by atoms with van der Waals surface area (Å²) in [5, 5.41) is 0.718. The number of rotatable bonds is 3. The van der Waals surface area contributed by atoms with Crippen LogP contribution in [0.5, 0.6) is 0 Å². The molecule has 21 heavy (non-hydrogen) atoms. The molecular weight excluding hydrogens is 286 g/mol. The smallest absolute Gasteiger partial charge is 0.257 e. The molecule has 1 unspecified atom stereocenters. The van der Waals surface area contributed by atoms with Gasteiger partial charge in [0.2, 0.25) is 5.91 Å². The maximum Gasteiger partial charge on any atom is 0.257 e. The van der Waals surface area contributed by atoms with Crippen LogP contribution in [0.2, 0.25) is 0 Å². The van der Waals surface area contributed by atoms with Gasteiger partial charge in [-0.05, 0) is 34.6 Å². The highest BCUT2D eigenvalue weighted by Crippen LogP contribution is 2.27. The van der Waals surface area contributed by atoms with Gasteiger partial charge in [-0.3, -0.25) is 14.2 Å². The van der Waals surface area contributed by atoms with Gasteiger partial charge in [-0.15, -0.1) is 0 Å². The quantitative estimate of drug-likeness (QED) is 0.801. The van der Waals surface area contributed by atoms with Gasteiger partial charge in [0, 0.05) is 36.1 Å². The molecule has 5 nitrogen and oxygen atoms in total. The topological polar surface area (TPSA) is 55.2 Å². The Morgan fingerprint density at radius 2 is 2.00 bits per heavy atom. The molecule has 0 bridgehead atoms. The molecule has 0 spiro atoms. The standard InChI is InChI=1S/C15H23N3O2S/c1-9(2)18(10(3)4)14(20)12-7-17-13(19)11(5)6-16-15(17)21-8-12/h6,9-10,12H,7-8H2,1-5H3. The number of carbonyl (C=O) groups is 1. The fourth-order valence-corrected chi connectivity index (χ4v) is 3.81. The number of carbonyl (C=O) groups excluding carboxylic acids is 1. The normalized spacial score (nSPS) is 18.0. The lowest BCUT2D eigenvalue weighted by Gasteiger charge is -2.35. The van der Waals surface area contributed by atoms with E-state index in [4.69, 9.17) is 0 Å². The van der Waals surface area contributed by atoms with Gasteiger partial charge in [-0.1, -0.05) is 11.8 Å². The third-order valence-electron chi connectivity index (χ3n) is 3.72. The van der Waals surface area contributed by atoms with E-state index in [-0.39, 0.29) is 29.5 Å². The number of hydrogen-bond donors (Lipinski definition) is 0. The number of thioether (sulfide) groups is 1. The molecule has 0 saturated heterocycles. The van der Waals surface area contributed by atoms with Gasteiger partial charge in [-0.25, -0.2) is 4.98 Å². The highest BCUT2D eigenvalue weighted by Gasteiger charge is 2.32. The number of amides is 1. The van der Waals surface area contributed by atoms with Crippen LogP contribution in [-0.2, 0) is 11.3 Å². The summed E-state index contributed by atoms with van der Waals surface area (Å²) in [6.07, 6.45) is 1.61. The highest BCUT2D eigenvalue weighted by molar-refractivity contribution is 7.99. The Balaban J connectivity index is 2.27. The van der Waals surface area contributed by atoms with E-state index in [1.165, 1.54) is 11.8 Å². The van der Waals surface area contributed by atoms with Gasteiger partial charge in [0.25, 0.3) is 5.56 Å². The average Bonchev–Trinajstić information content (AvgIpc) is 2.42. The minimum atomic E-state index is -0.159. The van der Waals surface area contributed by atoms with Gasteiger partial charge in [-0.2, -0.15) is 0 Å². The Morgan fingerprint density at radius 1 is 1.38 bits per heavy atom. The molecule has 0 fully saturated rings. The van der Waals surface area contributed by atoms with E-state index in [1.807, 2.05) is 32.6 Å². The molecule has 1 aromatic rings. The van der Waals surface area contributed by atoms with E-state index in [0.29, 0.717) is 17.9 Å². The third kappa shape index (κ3) is 3.15. The molecule has 0 aromatic carbocycles. The lowest BCUT2D eigenvalue weighted by Crippen LogP contribution is -2.48. The van der Waals surface area contributed by atoms with Crippen LogP contribution < -0.4 is 5.56 Å². The summed E-state index contributed by atoms with van der Waals surface area (Å²) in [7, 11) is 0. The Bertz CT molecular complexity index is 587. The number of aromatic nitrogens is 2. The minimum Gasteiger partial charge on any atom is -0.338 e. The molecule has 2 heterocycles. The molecule has 1 amide bonds. The Hall–Kier alpha value is -1.30. The van der Waals surface area contributed by atoms with E-state index in [2.05, 4.69) is 4.98 Å². The zero-order valence-corrected chi connectivity index (χ0v) is 14.1. The predicted octanol–water partition coefficient (Wildman–Crippen LogP) is 1.92. The maximum absolute atomic E-state index is 12.8. The van der Waals surface area contributed by atoms with E-state index < -0.39 is 0 Å². The average molecular weight is 309 g/mol. The van der Waals surface area contributed by atoms with Crippen LogP contribution in [0, 0.1) is 12.8 Å². The van der Waals surface area contributed by atoms with Crippen molar-refractivity contribution in [3.63, 3.8) is 0 Å². The summed E-state index contributed by atoms with van der Waals surface area (Å²) in [5.41, 5.74) is 0.586. The van der Waals surface area contributed by atoms with Gasteiger partial charge >= 0.3 is 0 Å². The first kappa shape index (κ1) is 16.1. The largest absolute Gasteiger partial charge is 0.338 e. The van der Waals surface area contributed by atoms with Crippen LogP contribution in [0.1, 0.15) is 33.3 Å². The van der Waals surface area contributed by atoms with E-state index in [1.54, 1.807) is 17.7 Å². The van der Waals surface area contributed by atoms with Crippen LogP contribution in [0.15, 0.2) is 16.1 Å². The van der Waals surface area contributed by atoms with Crippen molar-refractivity contribution in [1.82, 2.24) is 14.5 Å². The summed E-state index contributed by atoms with van der Waals surface area (Å²) in [5.74, 6) is 0.657. The van der Waals surface area contributed by atoms with Crippen molar-refractivity contribution in [3.8, 4) is 0 Å². The molecule has 1 atom stereocenters.